The van der Waals surface area contributed by atoms with Crippen molar-refractivity contribution in [2.45, 2.75) is 6.42 Å². The summed E-state index contributed by atoms with van der Waals surface area (Å²) in [5.74, 6) is -2.05. The molecule has 0 amide bonds. The number of aliphatic carboxylic acids is 1. The standard InChI is InChI=1S/C22H14O7/c23-12-2-5-15-18(9-12)29-19-10-13(24)3-6-16(19)21(15)17-7-11(8-20(25)26)1-4-14(17)22(27)28/h1-7,9-10,23H,8H2,(H,25,26)(H,27,28). The number of aromatic hydroxyl groups is 1. The van der Waals surface area contributed by atoms with E-state index in [0.717, 1.165) is 0 Å². The van der Waals surface area contributed by atoms with Crippen molar-refractivity contribution in [3.63, 3.8) is 0 Å². The van der Waals surface area contributed by atoms with Gasteiger partial charge in [-0.15, -0.1) is 0 Å². The van der Waals surface area contributed by atoms with Gasteiger partial charge in [0, 0.05) is 28.6 Å². The summed E-state index contributed by atoms with van der Waals surface area (Å²) in [6.45, 7) is 0. The number of carboxylic acid groups (broad SMARTS) is 2. The Morgan fingerprint density at radius 3 is 2.41 bits per heavy atom. The van der Waals surface area contributed by atoms with E-state index >= 15 is 0 Å². The largest absolute Gasteiger partial charge is 0.508 e. The SMILES string of the molecule is O=C(O)Cc1ccc(C(=O)O)c(-c2c3ccc(=O)cc-3oc3cc(O)ccc23)c1. The van der Waals surface area contributed by atoms with Crippen LogP contribution in [0.4, 0.5) is 0 Å². The smallest absolute Gasteiger partial charge is 0.336 e. The van der Waals surface area contributed by atoms with Gasteiger partial charge in [0.25, 0.3) is 0 Å². The minimum atomic E-state index is -1.18. The van der Waals surface area contributed by atoms with Crippen molar-refractivity contribution in [1.29, 1.82) is 0 Å². The van der Waals surface area contributed by atoms with Crippen LogP contribution in [-0.4, -0.2) is 27.3 Å². The number of fused-ring (bicyclic) bond motifs is 2. The van der Waals surface area contributed by atoms with Crippen LogP contribution in [0.5, 0.6) is 5.75 Å². The lowest BCUT2D eigenvalue weighted by Gasteiger charge is -2.17. The van der Waals surface area contributed by atoms with Crippen LogP contribution in [0.15, 0.2) is 63.8 Å². The number of carbonyl (C=O) groups is 2. The zero-order chi connectivity index (χ0) is 20.7. The molecule has 1 aliphatic carbocycles. The lowest BCUT2D eigenvalue weighted by molar-refractivity contribution is -0.136. The van der Waals surface area contributed by atoms with E-state index < -0.39 is 11.9 Å². The maximum Gasteiger partial charge on any atom is 0.336 e. The number of hydrogen-bond donors (Lipinski definition) is 3. The molecule has 2 aromatic rings. The molecule has 0 spiro atoms. The van der Waals surface area contributed by atoms with Crippen LogP contribution in [-0.2, 0) is 11.2 Å². The first-order chi connectivity index (χ1) is 13.8. The topological polar surface area (TPSA) is 125 Å². The van der Waals surface area contributed by atoms with Crippen LogP contribution in [0, 0.1) is 0 Å². The lowest BCUT2D eigenvalue weighted by atomic mass is 9.89. The lowest BCUT2D eigenvalue weighted by Crippen LogP contribution is -2.06. The highest BCUT2D eigenvalue weighted by Crippen LogP contribution is 2.42. The molecule has 144 valence electrons. The Kier molecular flexibility index (Phi) is 4.27. The van der Waals surface area contributed by atoms with Crippen LogP contribution < -0.4 is 5.43 Å². The molecule has 0 atom stereocenters. The number of rotatable bonds is 4. The number of hydrogen-bond acceptors (Lipinski definition) is 5. The molecular weight excluding hydrogens is 376 g/mol. The fourth-order valence-corrected chi connectivity index (χ4v) is 3.42. The Morgan fingerprint density at radius 1 is 0.897 bits per heavy atom. The van der Waals surface area contributed by atoms with E-state index in [9.17, 15) is 24.6 Å². The minimum Gasteiger partial charge on any atom is -0.508 e. The summed E-state index contributed by atoms with van der Waals surface area (Å²) in [7, 11) is 0. The van der Waals surface area contributed by atoms with Crippen molar-refractivity contribution in [1.82, 2.24) is 0 Å². The number of aromatic carboxylic acids is 1. The van der Waals surface area contributed by atoms with Gasteiger partial charge in [-0.25, -0.2) is 4.79 Å². The van der Waals surface area contributed by atoms with Crippen molar-refractivity contribution in [2.75, 3.05) is 0 Å². The zero-order valence-corrected chi connectivity index (χ0v) is 14.9. The Bertz CT molecular complexity index is 1320. The second-order valence-corrected chi connectivity index (χ2v) is 6.57. The molecule has 1 heterocycles. The van der Waals surface area contributed by atoms with E-state index in [-0.39, 0.29) is 34.5 Å². The quantitative estimate of drug-likeness (QED) is 0.455. The van der Waals surface area contributed by atoms with Gasteiger partial charge in [-0.1, -0.05) is 6.07 Å². The van der Waals surface area contributed by atoms with Gasteiger partial charge in [-0.05, 0) is 47.5 Å². The second kappa shape index (κ2) is 6.79. The molecule has 29 heavy (non-hydrogen) atoms. The van der Waals surface area contributed by atoms with Crippen molar-refractivity contribution < 1.29 is 29.3 Å². The van der Waals surface area contributed by atoms with Gasteiger partial charge < -0.3 is 19.7 Å². The first-order valence-corrected chi connectivity index (χ1v) is 8.61. The van der Waals surface area contributed by atoms with Gasteiger partial charge in [-0.3, -0.25) is 9.59 Å². The Morgan fingerprint density at radius 2 is 1.69 bits per heavy atom. The monoisotopic (exact) mass is 390 g/mol. The van der Waals surface area contributed by atoms with E-state index in [2.05, 4.69) is 0 Å². The molecule has 0 fully saturated rings. The van der Waals surface area contributed by atoms with Gasteiger partial charge >= 0.3 is 11.9 Å². The Balaban J connectivity index is 2.15. The summed E-state index contributed by atoms with van der Waals surface area (Å²) < 4.78 is 5.76. The molecule has 2 aromatic carbocycles. The first-order valence-electron chi connectivity index (χ1n) is 8.61. The van der Waals surface area contributed by atoms with Crippen LogP contribution in [0.1, 0.15) is 15.9 Å². The predicted octanol–water partition coefficient (Wildman–Crippen LogP) is 3.60. The first kappa shape index (κ1) is 18.2. The van der Waals surface area contributed by atoms with E-state index in [4.69, 9.17) is 9.52 Å². The predicted molar refractivity (Wildman–Crippen MR) is 105 cm³/mol. The molecule has 0 unspecified atom stereocenters. The molecule has 0 radical (unpaired) electrons. The Hall–Kier alpha value is -4.13. The third-order valence-corrected chi connectivity index (χ3v) is 4.62. The van der Waals surface area contributed by atoms with E-state index in [1.54, 1.807) is 6.07 Å². The van der Waals surface area contributed by atoms with Gasteiger partial charge in [0.05, 0.1) is 12.0 Å². The molecule has 4 rings (SSSR count). The normalized spacial score (nSPS) is 11.0. The molecule has 0 saturated heterocycles. The molecule has 0 saturated carbocycles. The maximum atomic E-state index is 11.9. The van der Waals surface area contributed by atoms with Gasteiger partial charge in [0.15, 0.2) is 5.43 Å². The molecule has 1 aliphatic heterocycles. The number of carboxylic acids is 2. The van der Waals surface area contributed by atoms with E-state index in [1.165, 1.54) is 48.5 Å². The summed E-state index contributed by atoms with van der Waals surface area (Å²) in [6.07, 6.45) is -0.272. The average Bonchev–Trinajstić information content (AvgIpc) is 2.65. The molecule has 2 aliphatic rings. The van der Waals surface area contributed by atoms with E-state index in [1.807, 2.05) is 0 Å². The van der Waals surface area contributed by atoms with Crippen molar-refractivity contribution in [2.24, 2.45) is 0 Å². The van der Waals surface area contributed by atoms with Crippen LogP contribution in [0.3, 0.4) is 0 Å². The minimum absolute atomic E-state index is 0.0211. The molecular formula is C22H14O7. The van der Waals surface area contributed by atoms with Crippen LogP contribution in [0.2, 0.25) is 0 Å². The number of phenolic OH excluding ortho intramolecular Hbond substituents is 1. The van der Waals surface area contributed by atoms with Crippen LogP contribution >= 0.6 is 0 Å². The highest BCUT2D eigenvalue weighted by atomic mass is 16.4. The fraction of sp³-hybridized carbons (Fsp3) is 0.0455. The summed E-state index contributed by atoms with van der Waals surface area (Å²) in [5.41, 5.74) is 1.66. The van der Waals surface area contributed by atoms with E-state index in [0.29, 0.717) is 27.6 Å². The summed E-state index contributed by atoms with van der Waals surface area (Å²) in [6, 6.07) is 12.9. The zero-order valence-electron chi connectivity index (χ0n) is 14.9. The second-order valence-electron chi connectivity index (χ2n) is 6.57. The molecule has 0 aromatic heterocycles. The summed E-state index contributed by atoms with van der Waals surface area (Å²) in [5, 5.41) is 29.2. The third-order valence-electron chi connectivity index (χ3n) is 4.62. The highest BCUT2D eigenvalue weighted by Gasteiger charge is 2.22. The number of phenols is 1. The fourth-order valence-electron chi connectivity index (χ4n) is 3.42. The Labute approximate surface area is 163 Å². The maximum absolute atomic E-state index is 11.9. The average molecular weight is 390 g/mol. The van der Waals surface area contributed by atoms with Gasteiger partial charge in [0.1, 0.15) is 17.1 Å². The molecule has 3 N–H and O–H groups in total. The molecule has 7 nitrogen and oxygen atoms in total. The molecule has 7 heteroatoms. The molecule has 0 bridgehead atoms. The summed E-state index contributed by atoms with van der Waals surface area (Å²) in [4.78, 5) is 34.8. The van der Waals surface area contributed by atoms with Crippen molar-refractivity contribution in [3.05, 3.63) is 75.9 Å². The van der Waals surface area contributed by atoms with Gasteiger partial charge in [0.2, 0.25) is 0 Å². The summed E-state index contributed by atoms with van der Waals surface area (Å²) >= 11 is 0. The van der Waals surface area contributed by atoms with Crippen molar-refractivity contribution in [3.8, 4) is 28.2 Å². The van der Waals surface area contributed by atoms with Crippen molar-refractivity contribution >= 4 is 22.9 Å². The highest BCUT2D eigenvalue weighted by molar-refractivity contribution is 6.07. The number of benzene rings is 3. The van der Waals surface area contributed by atoms with Crippen LogP contribution in [0.25, 0.3) is 33.4 Å². The third kappa shape index (κ3) is 3.29. The van der Waals surface area contributed by atoms with Gasteiger partial charge in [-0.2, -0.15) is 0 Å².